The Morgan fingerprint density at radius 1 is 1.22 bits per heavy atom. The number of anilines is 1. The molecule has 0 heterocycles. The summed E-state index contributed by atoms with van der Waals surface area (Å²) in [6.07, 6.45) is 2.90. The van der Waals surface area contributed by atoms with E-state index in [2.05, 4.69) is 30.2 Å². The number of rotatable bonds is 8. The Hall–Kier alpha value is -1.10. The van der Waals surface area contributed by atoms with Crippen molar-refractivity contribution in [2.45, 2.75) is 19.0 Å². The molecule has 0 aliphatic rings. The van der Waals surface area contributed by atoms with E-state index in [-0.39, 0.29) is 0 Å². The van der Waals surface area contributed by atoms with Crippen molar-refractivity contribution in [1.29, 1.82) is 0 Å². The van der Waals surface area contributed by atoms with Crippen molar-refractivity contribution in [1.82, 2.24) is 0 Å². The van der Waals surface area contributed by atoms with Crippen LogP contribution in [-0.4, -0.2) is 29.3 Å². The van der Waals surface area contributed by atoms with Crippen LogP contribution in [0.4, 0.5) is 5.69 Å². The van der Waals surface area contributed by atoms with Gasteiger partial charge < -0.3 is 13.8 Å². The molecule has 3 nitrogen and oxygen atoms in total. The Labute approximate surface area is 111 Å². The third-order valence-corrected chi connectivity index (χ3v) is 6.19. The zero-order valence-electron chi connectivity index (χ0n) is 11.6. The molecule has 0 radical (unpaired) electrons. The molecule has 0 bridgehead atoms. The van der Waals surface area contributed by atoms with Crippen molar-refractivity contribution < 1.29 is 8.85 Å². The van der Waals surface area contributed by atoms with E-state index in [0.717, 1.165) is 19.0 Å². The molecule has 4 heteroatoms. The first-order chi connectivity index (χ1) is 8.65. The Bertz CT molecular complexity index is 352. The SMILES string of the molecule is C=CN(CCC[Si](C)(OC)OC)c1ccccc1. The van der Waals surface area contributed by atoms with Gasteiger partial charge in [-0.3, -0.25) is 0 Å². The monoisotopic (exact) mass is 265 g/mol. The standard InChI is InChI=1S/C14H23NO2Si/c1-5-15(14-10-7-6-8-11-14)12-9-13-18(4,16-2)17-3/h5-8,10-11H,1,9,12-13H2,2-4H3. The molecular formula is C14H23NO2Si. The second kappa shape index (κ2) is 7.36. The van der Waals surface area contributed by atoms with Gasteiger partial charge in [0, 0.05) is 26.5 Å². The number of benzene rings is 1. The van der Waals surface area contributed by atoms with Crippen LogP contribution >= 0.6 is 0 Å². The minimum Gasteiger partial charge on any atom is -0.398 e. The van der Waals surface area contributed by atoms with Gasteiger partial charge in [-0.15, -0.1) is 0 Å². The van der Waals surface area contributed by atoms with Crippen LogP contribution in [0.1, 0.15) is 6.42 Å². The average Bonchev–Trinajstić information content (AvgIpc) is 2.44. The molecule has 0 fully saturated rings. The average molecular weight is 265 g/mol. The number of para-hydroxylation sites is 1. The second-order valence-corrected chi connectivity index (χ2v) is 7.94. The first kappa shape index (κ1) is 15.0. The smallest absolute Gasteiger partial charge is 0.334 e. The molecule has 1 aromatic carbocycles. The fourth-order valence-electron chi connectivity index (χ4n) is 1.80. The lowest BCUT2D eigenvalue weighted by atomic mass is 10.3. The van der Waals surface area contributed by atoms with Crippen LogP contribution in [0, 0.1) is 0 Å². The highest BCUT2D eigenvalue weighted by Crippen LogP contribution is 2.18. The van der Waals surface area contributed by atoms with Gasteiger partial charge >= 0.3 is 8.56 Å². The van der Waals surface area contributed by atoms with E-state index in [1.54, 1.807) is 14.2 Å². The summed E-state index contributed by atoms with van der Waals surface area (Å²) >= 11 is 0. The summed E-state index contributed by atoms with van der Waals surface area (Å²) < 4.78 is 11.0. The van der Waals surface area contributed by atoms with E-state index in [0.29, 0.717) is 0 Å². The van der Waals surface area contributed by atoms with E-state index >= 15 is 0 Å². The van der Waals surface area contributed by atoms with Gasteiger partial charge in [-0.1, -0.05) is 24.8 Å². The van der Waals surface area contributed by atoms with Gasteiger partial charge in [0.25, 0.3) is 0 Å². The minimum atomic E-state index is -1.94. The minimum absolute atomic E-state index is 0.933. The molecule has 18 heavy (non-hydrogen) atoms. The second-order valence-electron chi connectivity index (χ2n) is 4.36. The molecule has 1 aromatic rings. The van der Waals surface area contributed by atoms with Crippen molar-refractivity contribution in [3.05, 3.63) is 43.1 Å². The maximum atomic E-state index is 5.48. The summed E-state index contributed by atoms with van der Waals surface area (Å²) in [5.74, 6) is 0. The predicted molar refractivity (Wildman–Crippen MR) is 79.0 cm³/mol. The van der Waals surface area contributed by atoms with Gasteiger partial charge in [0.1, 0.15) is 0 Å². The fraction of sp³-hybridized carbons (Fsp3) is 0.429. The Kier molecular flexibility index (Phi) is 6.11. The van der Waals surface area contributed by atoms with Gasteiger partial charge in [0.15, 0.2) is 0 Å². The molecule has 0 amide bonds. The van der Waals surface area contributed by atoms with E-state index < -0.39 is 8.56 Å². The van der Waals surface area contributed by atoms with Crippen molar-refractivity contribution in [3.63, 3.8) is 0 Å². The van der Waals surface area contributed by atoms with Crippen LogP contribution in [0.3, 0.4) is 0 Å². The normalized spacial score (nSPS) is 11.3. The maximum Gasteiger partial charge on any atom is 0.334 e. The first-order valence-corrected chi connectivity index (χ1v) is 8.72. The fourth-order valence-corrected chi connectivity index (χ4v) is 3.18. The third kappa shape index (κ3) is 4.29. The summed E-state index contributed by atoms with van der Waals surface area (Å²) in [6.45, 7) is 6.89. The molecule has 0 N–H and O–H groups in total. The van der Waals surface area contributed by atoms with Crippen LogP contribution in [0.5, 0.6) is 0 Å². The lowest BCUT2D eigenvalue weighted by Crippen LogP contribution is -2.36. The molecule has 0 atom stereocenters. The zero-order chi connectivity index (χ0) is 13.4. The molecule has 1 rings (SSSR count). The Morgan fingerprint density at radius 2 is 1.83 bits per heavy atom. The van der Waals surface area contributed by atoms with Crippen molar-refractivity contribution in [2.24, 2.45) is 0 Å². The van der Waals surface area contributed by atoms with Gasteiger partial charge in [0.2, 0.25) is 0 Å². The van der Waals surface area contributed by atoms with Crippen molar-refractivity contribution in [3.8, 4) is 0 Å². The van der Waals surface area contributed by atoms with Crippen molar-refractivity contribution in [2.75, 3.05) is 25.7 Å². The van der Waals surface area contributed by atoms with E-state index in [1.165, 1.54) is 5.69 Å². The summed E-state index contributed by atoms with van der Waals surface area (Å²) in [5, 5.41) is 0. The van der Waals surface area contributed by atoms with Gasteiger partial charge in [-0.2, -0.15) is 0 Å². The molecule has 0 unspecified atom stereocenters. The lowest BCUT2D eigenvalue weighted by molar-refractivity contribution is 0.249. The molecule has 0 aromatic heterocycles. The lowest BCUT2D eigenvalue weighted by Gasteiger charge is -2.25. The maximum absolute atomic E-state index is 5.48. The Morgan fingerprint density at radius 3 is 2.33 bits per heavy atom. The molecule has 0 aliphatic heterocycles. The molecule has 0 aliphatic carbocycles. The van der Waals surface area contributed by atoms with Crippen LogP contribution in [-0.2, 0) is 8.85 Å². The zero-order valence-corrected chi connectivity index (χ0v) is 12.6. The number of nitrogens with zero attached hydrogens (tertiary/aromatic N) is 1. The van der Waals surface area contributed by atoms with Gasteiger partial charge in [-0.05, 0) is 37.3 Å². The van der Waals surface area contributed by atoms with Crippen molar-refractivity contribution >= 4 is 14.2 Å². The largest absolute Gasteiger partial charge is 0.398 e. The Balaban J connectivity index is 2.49. The van der Waals surface area contributed by atoms with E-state index in [1.807, 2.05) is 24.4 Å². The highest BCUT2D eigenvalue weighted by Gasteiger charge is 2.27. The van der Waals surface area contributed by atoms with E-state index in [4.69, 9.17) is 8.85 Å². The highest BCUT2D eigenvalue weighted by atomic mass is 28.4. The molecule has 100 valence electrons. The van der Waals surface area contributed by atoms with Gasteiger partial charge in [0.05, 0.1) is 0 Å². The number of hydrogen-bond donors (Lipinski definition) is 0. The highest BCUT2D eigenvalue weighted by molar-refractivity contribution is 6.65. The molecule has 0 saturated carbocycles. The van der Waals surface area contributed by atoms with Gasteiger partial charge in [-0.25, -0.2) is 0 Å². The third-order valence-electron chi connectivity index (χ3n) is 3.20. The summed E-state index contributed by atoms with van der Waals surface area (Å²) in [7, 11) is 1.53. The van der Waals surface area contributed by atoms with Crippen LogP contribution in [0.25, 0.3) is 0 Å². The number of hydrogen-bond acceptors (Lipinski definition) is 3. The molecular weight excluding hydrogens is 242 g/mol. The van der Waals surface area contributed by atoms with Crippen LogP contribution in [0.15, 0.2) is 43.1 Å². The van der Waals surface area contributed by atoms with Crippen LogP contribution < -0.4 is 4.90 Å². The topological polar surface area (TPSA) is 21.7 Å². The summed E-state index contributed by atoms with van der Waals surface area (Å²) in [5.41, 5.74) is 1.17. The molecule has 0 saturated heterocycles. The summed E-state index contributed by atoms with van der Waals surface area (Å²) in [6, 6.07) is 11.3. The first-order valence-electron chi connectivity index (χ1n) is 6.20. The van der Waals surface area contributed by atoms with E-state index in [9.17, 15) is 0 Å². The quantitative estimate of drug-likeness (QED) is 0.673. The van der Waals surface area contributed by atoms with Crippen LogP contribution in [0.2, 0.25) is 12.6 Å². The predicted octanol–water partition coefficient (Wildman–Crippen LogP) is 3.39. The summed E-state index contributed by atoms with van der Waals surface area (Å²) in [4.78, 5) is 2.15. The molecule has 0 spiro atoms.